The molecule has 21 heavy (non-hydrogen) atoms. The second-order valence-corrected chi connectivity index (χ2v) is 6.20. The molecule has 0 atom stereocenters. The van der Waals surface area contributed by atoms with Gasteiger partial charge in [0.05, 0.1) is 0 Å². The van der Waals surface area contributed by atoms with Crippen molar-refractivity contribution in [2.45, 2.75) is 32.0 Å². The first-order valence-corrected chi connectivity index (χ1v) is 7.89. The van der Waals surface area contributed by atoms with Gasteiger partial charge in [-0.05, 0) is 31.0 Å². The maximum atomic E-state index is 13.8. The van der Waals surface area contributed by atoms with Crippen molar-refractivity contribution >= 4 is 15.9 Å². The highest BCUT2D eigenvalue weighted by atomic mass is 79.9. The number of ether oxygens (including phenoxy) is 1. The van der Waals surface area contributed by atoms with E-state index in [1.807, 2.05) is 30.3 Å². The number of hydrogen-bond donors (Lipinski definition) is 1. The third kappa shape index (κ3) is 4.05. The molecule has 1 fully saturated rings. The van der Waals surface area contributed by atoms with E-state index in [9.17, 15) is 4.39 Å². The Hall–Kier alpha value is -1.39. The van der Waals surface area contributed by atoms with Crippen LogP contribution in [0.2, 0.25) is 0 Å². The van der Waals surface area contributed by atoms with Gasteiger partial charge in [0.25, 0.3) is 0 Å². The molecule has 3 rings (SSSR count). The van der Waals surface area contributed by atoms with Crippen LogP contribution in [0.25, 0.3) is 0 Å². The number of halogens is 2. The van der Waals surface area contributed by atoms with Crippen LogP contribution in [0.15, 0.2) is 46.9 Å². The molecule has 0 spiro atoms. The maximum absolute atomic E-state index is 13.8. The molecule has 1 N–H and O–H groups in total. The number of hydrogen-bond acceptors (Lipinski definition) is 2. The van der Waals surface area contributed by atoms with Crippen LogP contribution in [-0.4, -0.2) is 6.04 Å². The van der Waals surface area contributed by atoms with Crippen LogP contribution in [0, 0.1) is 5.82 Å². The summed E-state index contributed by atoms with van der Waals surface area (Å²) in [6.45, 7) is 1.03. The molecular weight excluding hydrogens is 333 g/mol. The molecule has 0 unspecified atom stereocenters. The summed E-state index contributed by atoms with van der Waals surface area (Å²) >= 11 is 3.25. The molecule has 1 aliphatic rings. The van der Waals surface area contributed by atoms with Crippen LogP contribution >= 0.6 is 15.9 Å². The van der Waals surface area contributed by atoms with Gasteiger partial charge >= 0.3 is 0 Å². The molecule has 2 nitrogen and oxygen atoms in total. The Labute approximate surface area is 132 Å². The molecule has 0 amide bonds. The lowest BCUT2D eigenvalue weighted by molar-refractivity contribution is 0.296. The van der Waals surface area contributed by atoms with Crippen molar-refractivity contribution in [1.82, 2.24) is 5.32 Å². The van der Waals surface area contributed by atoms with Crippen molar-refractivity contribution in [3.63, 3.8) is 0 Å². The van der Waals surface area contributed by atoms with Crippen LogP contribution in [0.4, 0.5) is 4.39 Å². The monoisotopic (exact) mass is 349 g/mol. The van der Waals surface area contributed by atoms with Crippen molar-refractivity contribution in [2.75, 3.05) is 0 Å². The highest BCUT2D eigenvalue weighted by Crippen LogP contribution is 2.24. The van der Waals surface area contributed by atoms with Crippen LogP contribution < -0.4 is 10.1 Å². The molecule has 2 aromatic rings. The minimum atomic E-state index is -0.252. The summed E-state index contributed by atoms with van der Waals surface area (Å²) in [6.07, 6.45) is 2.51. The van der Waals surface area contributed by atoms with Crippen LogP contribution in [-0.2, 0) is 13.2 Å². The quantitative estimate of drug-likeness (QED) is 0.833. The average molecular weight is 350 g/mol. The Morgan fingerprint density at radius 2 is 1.95 bits per heavy atom. The number of nitrogens with one attached hydrogen (secondary N) is 1. The minimum Gasteiger partial charge on any atom is -0.488 e. The molecule has 1 aliphatic carbocycles. The van der Waals surface area contributed by atoms with Crippen LogP contribution in [0.1, 0.15) is 24.0 Å². The van der Waals surface area contributed by atoms with Crippen molar-refractivity contribution in [2.24, 2.45) is 0 Å². The van der Waals surface area contributed by atoms with E-state index in [1.54, 1.807) is 6.07 Å². The van der Waals surface area contributed by atoms with Gasteiger partial charge in [-0.1, -0.05) is 40.2 Å². The van der Waals surface area contributed by atoms with E-state index < -0.39 is 0 Å². The Morgan fingerprint density at radius 3 is 2.71 bits per heavy atom. The van der Waals surface area contributed by atoms with Gasteiger partial charge in [-0.2, -0.15) is 0 Å². The second kappa shape index (κ2) is 6.58. The molecule has 2 aromatic carbocycles. The minimum absolute atomic E-state index is 0.236. The fourth-order valence-corrected chi connectivity index (χ4v) is 2.46. The summed E-state index contributed by atoms with van der Waals surface area (Å²) in [6, 6.07) is 13.6. The van der Waals surface area contributed by atoms with E-state index in [2.05, 4.69) is 21.2 Å². The second-order valence-electron chi connectivity index (χ2n) is 5.29. The van der Waals surface area contributed by atoms with Crippen molar-refractivity contribution < 1.29 is 9.13 Å². The lowest BCUT2D eigenvalue weighted by Crippen LogP contribution is -2.16. The van der Waals surface area contributed by atoms with E-state index in [0.717, 1.165) is 22.3 Å². The Balaban J connectivity index is 1.66. The maximum Gasteiger partial charge on any atom is 0.130 e. The zero-order valence-electron chi connectivity index (χ0n) is 11.6. The van der Waals surface area contributed by atoms with Gasteiger partial charge < -0.3 is 10.1 Å². The molecule has 1 saturated carbocycles. The number of para-hydroxylation sites is 1. The first-order chi connectivity index (χ1) is 10.2. The summed E-state index contributed by atoms with van der Waals surface area (Å²) < 4.78 is 20.3. The molecule has 0 radical (unpaired) electrons. The largest absolute Gasteiger partial charge is 0.488 e. The zero-order chi connectivity index (χ0) is 14.7. The van der Waals surface area contributed by atoms with E-state index in [1.165, 1.54) is 18.9 Å². The van der Waals surface area contributed by atoms with E-state index in [4.69, 9.17) is 4.74 Å². The number of rotatable bonds is 6. The third-order valence-electron chi connectivity index (χ3n) is 3.53. The molecular formula is C17H17BrFNO. The summed E-state index contributed by atoms with van der Waals surface area (Å²) in [7, 11) is 0. The molecule has 0 aliphatic heterocycles. The van der Waals surface area contributed by atoms with Crippen LogP contribution in [0.5, 0.6) is 5.75 Å². The van der Waals surface area contributed by atoms with Crippen molar-refractivity contribution in [1.29, 1.82) is 0 Å². The van der Waals surface area contributed by atoms with E-state index in [-0.39, 0.29) is 12.4 Å². The van der Waals surface area contributed by atoms with Gasteiger partial charge in [-0.3, -0.25) is 0 Å². The van der Waals surface area contributed by atoms with Crippen molar-refractivity contribution in [3.8, 4) is 5.75 Å². The predicted molar refractivity (Wildman–Crippen MR) is 84.7 cm³/mol. The Bertz CT molecular complexity index is 628. The third-order valence-corrected chi connectivity index (χ3v) is 4.02. The molecule has 0 bridgehead atoms. The fourth-order valence-electron chi connectivity index (χ4n) is 2.13. The lowest BCUT2D eigenvalue weighted by Gasteiger charge is -2.12. The molecule has 0 heterocycles. The first-order valence-electron chi connectivity index (χ1n) is 7.10. The van der Waals surface area contributed by atoms with Gasteiger partial charge in [0, 0.05) is 28.2 Å². The summed E-state index contributed by atoms with van der Waals surface area (Å²) in [5.74, 6) is 0.561. The highest BCUT2D eigenvalue weighted by Gasteiger charge is 2.20. The van der Waals surface area contributed by atoms with Gasteiger partial charge in [0.1, 0.15) is 18.2 Å². The van der Waals surface area contributed by atoms with Gasteiger partial charge in [0.15, 0.2) is 0 Å². The van der Waals surface area contributed by atoms with Gasteiger partial charge in [-0.15, -0.1) is 0 Å². The van der Waals surface area contributed by atoms with Gasteiger partial charge in [-0.25, -0.2) is 4.39 Å². The normalized spacial score (nSPS) is 14.2. The standard InChI is InChI=1S/C17H17BrFNO/c18-14-6-5-13(16(19)9-14)11-21-17-4-2-1-3-12(17)10-20-15-7-8-15/h1-6,9,15,20H,7-8,10-11H2. The summed E-state index contributed by atoms with van der Waals surface area (Å²) in [5.41, 5.74) is 1.67. The fraction of sp³-hybridized carbons (Fsp3) is 0.294. The lowest BCUT2D eigenvalue weighted by atomic mass is 10.2. The SMILES string of the molecule is Fc1cc(Br)ccc1COc1ccccc1CNC1CC1. The molecule has 0 aromatic heterocycles. The highest BCUT2D eigenvalue weighted by molar-refractivity contribution is 9.10. The topological polar surface area (TPSA) is 21.3 Å². The van der Waals surface area contributed by atoms with E-state index >= 15 is 0 Å². The van der Waals surface area contributed by atoms with Gasteiger partial charge in [0.2, 0.25) is 0 Å². The Morgan fingerprint density at radius 1 is 1.14 bits per heavy atom. The molecule has 4 heteroatoms. The average Bonchev–Trinajstić information content (AvgIpc) is 3.29. The number of benzene rings is 2. The smallest absolute Gasteiger partial charge is 0.130 e. The van der Waals surface area contributed by atoms with Crippen molar-refractivity contribution in [3.05, 3.63) is 63.9 Å². The summed E-state index contributed by atoms with van der Waals surface area (Å²) in [5, 5.41) is 3.47. The zero-order valence-corrected chi connectivity index (χ0v) is 13.2. The van der Waals surface area contributed by atoms with Crippen LogP contribution in [0.3, 0.4) is 0 Å². The summed E-state index contributed by atoms with van der Waals surface area (Å²) in [4.78, 5) is 0. The van der Waals surface area contributed by atoms with E-state index in [0.29, 0.717) is 11.6 Å². The molecule has 110 valence electrons. The predicted octanol–water partition coefficient (Wildman–Crippen LogP) is 4.42. The molecule has 0 saturated heterocycles. The Kier molecular flexibility index (Phi) is 4.56. The first kappa shape index (κ1) is 14.5.